The molecule has 1 aromatic rings. The lowest BCUT2D eigenvalue weighted by molar-refractivity contribution is -0.139. The van der Waals surface area contributed by atoms with Crippen LogP contribution in [0.1, 0.15) is 37.7 Å². The van der Waals surface area contributed by atoms with Crippen LogP contribution in [0.4, 0.5) is 0 Å². The maximum atomic E-state index is 12.2. The summed E-state index contributed by atoms with van der Waals surface area (Å²) in [5.74, 6) is 0.686. The number of rotatable bonds is 4. The Hall–Kier alpha value is -1.35. The van der Waals surface area contributed by atoms with E-state index in [1.807, 2.05) is 24.3 Å². The Balaban J connectivity index is 2.05. The summed E-state index contributed by atoms with van der Waals surface area (Å²) in [7, 11) is 1.61. The van der Waals surface area contributed by atoms with Gasteiger partial charge in [-0.2, -0.15) is 0 Å². The number of ketones is 1. The lowest BCUT2D eigenvalue weighted by atomic mass is 9.80. The minimum Gasteiger partial charge on any atom is -0.497 e. The first-order chi connectivity index (χ1) is 8.64. The van der Waals surface area contributed by atoms with Gasteiger partial charge in [0.15, 0.2) is 5.78 Å². The van der Waals surface area contributed by atoms with Crippen LogP contribution in [0.5, 0.6) is 5.75 Å². The number of hydrogen-bond donors (Lipinski definition) is 1. The van der Waals surface area contributed by atoms with Gasteiger partial charge in [0.2, 0.25) is 0 Å². The molecule has 1 aliphatic rings. The molecule has 0 saturated heterocycles. The van der Waals surface area contributed by atoms with Crippen LogP contribution >= 0.6 is 0 Å². The second-order valence-electron chi connectivity index (χ2n) is 5.04. The van der Waals surface area contributed by atoms with Gasteiger partial charge < -0.3 is 9.84 Å². The molecule has 2 rings (SSSR count). The van der Waals surface area contributed by atoms with E-state index in [2.05, 4.69) is 0 Å². The van der Waals surface area contributed by atoms with E-state index in [-0.39, 0.29) is 12.2 Å². The van der Waals surface area contributed by atoms with Gasteiger partial charge in [-0.15, -0.1) is 0 Å². The van der Waals surface area contributed by atoms with Crippen LogP contribution in [0.3, 0.4) is 0 Å². The largest absolute Gasteiger partial charge is 0.497 e. The number of hydrogen-bond acceptors (Lipinski definition) is 3. The quantitative estimate of drug-likeness (QED) is 0.890. The zero-order chi connectivity index (χ0) is 13.0. The molecular weight excluding hydrogens is 228 g/mol. The molecule has 0 radical (unpaired) electrons. The van der Waals surface area contributed by atoms with E-state index in [0.29, 0.717) is 12.8 Å². The summed E-state index contributed by atoms with van der Waals surface area (Å²) in [6.45, 7) is 0. The summed E-state index contributed by atoms with van der Waals surface area (Å²) in [6, 6.07) is 7.46. The van der Waals surface area contributed by atoms with Crippen LogP contribution in [-0.4, -0.2) is 23.6 Å². The monoisotopic (exact) mass is 248 g/mol. The zero-order valence-electron chi connectivity index (χ0n) is 10.8. The van der Waals surface area contributed by atoms with Gasteiger partial charge in [0.05, 0.1) is 7.11 Å². The third-order valence-corrected chi connectivity index (χ3v) is 3.70. The molecule has 3 nitrogen and oxygen atoms in total. The van der Waals surface area contributed by atoms with E-state index >= 15 is 0 Å². The van der Waals surface area contributed by atoms with E-state index in [9.17, 15) is 9.90 Å². The third kappa shape index (κ3) is 2.91. The Labute approximate surface area is 108 Å². The Morgan fingerprint density at radius 2 is 2.06 bits per heavy atom. The lowest BCUT2D eigenvalue weighted by Gasteiger charge is -2.30. The summed E-state index contributed by atoms with van der Waals surface area (Å²) >= 11 is 0. The van der Waals surface area contributed by atoms with Crippen molar-refractivity contribution in [1.29, 1.82) is 0 Å². The van der Waals surface area contributed by atoms with Gasteiger partial charge in [-0.05, 0) is 30.5 Å². The Morgan fingerprint density at radius 1 is 1.33 bits per heavy atom. The van der Waals surface area contributed by atoms with Crippen molar-refractivity contribution in [2.45, 2.75) is 44.1 Å². The molecule has 3 heteroatoms. The van der Waals surface area contributed by atoms with E-state index < -0.39 is 5.60 Å². The van der Waals surface area contributed by atoms with Crippen molar-refractivity contribution >= 4 is 5.78 Å². The molecule has 0 bridgehead atoms. The Morgan fingerprint density at radius 3 is 2.72 bits per heavy atom. The van der Waals surface area contributed by atoms with Crippen molar-refractivity contribution in [3.63, 3.8) is 0 Å². The number of carbonyl (C=O) groups excluding carboxylic acids is 1. The van der Waals surface area contributed by atoms with Crippen molar-refractivity contribution in [3.8, 4) is 5.75 Å². The molecule has 0 heterocycles. The van der Waals surface area contributed by atoms with Crippen molar-refractivity contribution in [2.75, 3.05) is 7.11 Å². The van der Waals surface area contributed by atoms with Crippen molar-refractivity contribution in [2.24, 2.45) is 0 Å². The number of carbonyl (C=O) groups is 1. The zero-order valence-corrected chi connectivity index (χ0v) is 10.8. The number of methoxy groups -OCH3 is 1. The first-order valence-electron chi connectivity index (χ1n) is 6.53. The molecule has 0 unspecified atom stereocenters. The molecule has 0 aromatic heterocycles. The third-order valence-electron chi connectivity index (χ3n) is 3.70. The molecule has 1 fully saturated rings. The summed E-state index contributed by atoms with van der Waals surface area (Å²) in [4.78, 5) is 12.2. The highest BCUT2D eigenvalue weighted by molar-refractivity contribution is 5.89. The van der Waals surface area contributed by atoms with Crippen LogP contribution in [0.15, 0.2) is 24.3 Å². The van der Waals surface area contributed by atoms with Gasteiger partial charge in [0, 0.05) is 6.42 Å². The van der Waals surface area contributed by atoms with Crippen molar-refractivity contribution in [1.82, 2.24) is 0 Å². The lowest BCUT2D eigenvalue weighted by Crippen LogP contribution is -2.41. The molecule has 98 valence electrons. The molecule has 0 aliphatic heterocycles. The van der Waals surface area contributed by atoms with Gasteiger partial charge in [-0.1, -0.05) is 31.4 Å². The summed E-state index contributed by atoms with van der Waals surface area (Å²) in [5, 5.41) is 10.3. The minimum absolute atomic E-state index is 0.0598. The predicted octanol–water partition coefficient (Wildman–Crippen LogP) is 2.50. The number of Topliss-reactive ketones (excluding diaryl/α,β-unsaturated/α-hetero) is 1. The smallest absolute Gasteiger partial charge is 0.168 e. The molecule has 0 atom stereocenters. The number of benzene rings is 1. The van der Waals surface area contributed by atoms with E-state index in [1.165, 1.54) is 0 Å². The van der Waals surface area contributed by atoms with Crippen LogP contribution in [0.2, 0.25) is 0 Å². The second kappa shape index (κ2) is 5.53. The summed E-state index contributed by atoms with van der Waals surface area (Å²) < 4.78 is 5.13. The number of ether oxygens (including phenoxy) is 1. The highest BCUT2D eigenvalue weighted by Gasteiger charge is 2.36. The van der Waals surface area contributed by atoms with Crippen LogP contribution < -0.4 is 4.74 Å². The molecule has 0 amide bonds. The van der Waals surface area contributed by atoms with Gasteiger partial charge in [-0.25, -0.2) is 0 Å². The van der Waals surface area contributed by atoms with Crippen LogP contribution in [0, 0.1) is 0 Å². The summed E-state index contributed by atoms with van der Waals surface area (Å²) in [5.41, 5.74) is -0.195. The molecule has 1 saturated carbocycles. The highest BCUT2D eigenvalue weighted by Crippen LogP contribution is 2.30. The molecule has 1 aromatic carbocycles. The number of aliphatic hydroxyl groups is 1. The topological polar surface area (TPSA) is 46.5 Å². The van der Waals surface area contributed by atoms with Gasteiger partial charge >= 0.3 is 0 Å². The molecule has 0 spiro atoms. The van der Waals surface area contributed by atoms with Gasteiger partial charge in [0.25, 0.3) is 0 Å². The Bertz CT molecular complexity index is 420. The van der Waals surface area contributed by atoms with Crippen LogP contribution in [-0.2, 0) is 11.2 Å². The second-order valence-corrected chi connectivity index (χ2v) is 5.04. The maximum absolute atomic E-state index is 12.2. The van der Waals surface area contributed by atoms with Crippen molar-refractivity contribution in [3.05, 3.63) is 29.8 Å². The van der Waals surface area contributed by atoms with E-state index in [4.69, 9.17) is 4.74 Å². The normalized spacial score (nSPS) is 18.3. The van der Waals surface area contributed by atoms with E-state index in [1.54, 1.807) is 7.11 Å². The maximum Gasteiger partial charge on any atom is 0.168 e. The first kappa shape index (κ1) is 13.1. The fourth-order valence-electron chi connectivity index (χ4n) is 2.55. The Kier molecular flexibility index (Phi) is 4.02. The van der Waals surface area contributed by atoms with E-state index in [0.717, 1.165) is 30.6 Å². The fourth-order valence-corrected chi connectivity index (χ4v) is 2.55. The minimum atomic E-state index is -1.10. The molecular formula is C15H20O3. The average molecular weight is 248 g/mol. The highest BCUT2D eigenvalue weighted by atomic mass is 16.5. The van der Waals surface area contributed by atoms with Gasteiger partial charge in [0.1, 0.15) is 11.4 Å². The van der Waals surface area contributed by atoms with Crippen molar-refractivity contribution < 1.29 is 14.6 Å². The SMILES string of the molecule is COc1cccc(CC(=O)C2(O)CCCCC2)c1. The molecule has 18 heavy (non-hydrogen) atoms. The molecule has 1 N–H and O–H groups in total. The van der Waals surface area contributed by atoms with Gasteiger partial charge in [-0.3, -0.25) is 4.79 Å². The standard InChI is InChI=1S/C15H20O3/c1-18-13-7-5-6-12(10-13)11-14(16)15(17)8-3-2-4-9-15/h5-7,10,17H,2-4,8-9,11H2,1H3. The average Bonchev–Trinajstić information content (AvgIpc) is 2.40. The fraction of sp³-hybridized carbons (Fsp3) is 0.533. The first-order valence-corrected chi connectivity index (χ1v) is 6.53. The van der Waals surface area contributed by atoms with Crippen LogP contribution in [0.25, 0.3) is 0 Å². The summed E-state index contributed by atoms with van der Waals surface area (Å²) in [6.07, 6.45) is 4.51. The molecule has 1 aliphatic carbocycles. The predicted molar refractivity (Wildman–Crippen MR) is 69.7 cm³/mol.